The fourth-order valence-corrected chi connectivity index (χ4v) is 9.25. The second-order valence-corrected chi connectivity index (χ2v) is 15.5. The molecule has 8 nitrogen and oxygen atoms in total. The number of likely N-dealkylation sites (tertiary alicyclic amines) is 1. The molecular weight excluding hydrogens is 496 g/mol. The van der Waals surface area contributed by atoms with Crippen molar-refractivity contribution in [2.75, 3.05) is 26.4 Å². The quantitative estimate of drug-likeness (QED) is 0.236. The maximum atomic E-state index is 13.5. The Morgan fingerprint density at radius 1 is 0.897 bits per heavy atom. The van der Waals surface area contributed by atoms with E-state index in [0.29, 0.717) is 12.0 Å². The number of unbranched alkanes of at least 4 members (excludes halogenated alkanes) is 2. The molecular formula is C31H56N2O6. The molecule has 1 amide bonds. The smallest absolute Gasteiger partial charge is 0.240 e. The molecule has 5 fully saturated rings. The first-order chi connectivity index (χ1) is 18.2. The summed E-state index contributed by atoms with van der Waals surface area (Å²) < 4.78 is 6.22. The van der Waals surface area contributed by atoms with Gasteiger partial charge in [0, 0.05) is 12.1 Å². The van der Waals surface area contributed by atoms with Crippen LogP contribution in [0.25, 0.3) is 0 Å². The molecule has 226 valence electrons. The summed E-state index contributed by atoms with van der Waals surface area (Å²) in [7, 11) is 0. The molecule has 4 aliphatic carbocycles. The monoisotopic (exact) mass is 552 g/mol. The molecule has 0 spiro atoms. The van der Waals surface area contributed by atoms with Crippen LogP contribution in [0.3, 0.4) is 0 Å². The Bertz CT molecular complexity index is 791. The molecule has 0 aromatic rings. The van der Waals surface area contributed by atoms with E-state index in [1.54, 1.807) is 4.90 Å². The number of aliphatic hydroxyl groups excluding tert-OH is 4. The number of carbonyl (C=O) groups excluding carboxylic acids is 1. The van der Waals surface area contributed by atoms with Crippen LogP contribution < -0.4 is 5.32 Å². The molecule has 5 N–H and O–H groups in total. The lowest BCUT2D eigenvalue weighted by Gasteiger charge is -2.56. The van der Waals surface area contributed by atoms with Crippen molar-refractivity contribution in [3.8, 4) is 0 Å². The number of nitrogens with one attached hydrogen (secondary N) is 1. The fourth-order valence-electron chi connectivity index (χ4n) is 9.25. The van der Waals surface area contributed by atoms with Crippen molar-refractivity contribution in [3.63, 3.8) is 0 Å². The van der Waals surface area contributed by atoms with Gasteiger partial charge in [-0.3, -0.25) is 9.69 Å². The Morgan fingerprint density at radius 2 is 1.49 bits per heavy atom. The van der Waals surface area contributed by atoms with Gasteiger partial charge in [0.25, 0.3) is 0 Å². The van der Waals surface area contributed by atoms with Crippen molar-refractivity contribution in [2.24, 2.45) is 28.6 Å². The summed E-state index contributed by atoms with van der Waals surface area (Å²) in [6.07, 6.45) is 7.36. The van der Waals surface area contributed by atoms with Crippen LogP contribution in [0.15, 0.2) is 0 Å². The molecule has 0 unspecified atom stereocenters. The minimum Gasteiger partial charge on any atom is -0.395 e. The summed E-state index contributed by atoms with van der Waals surface area (Å²) in [5, 5.41) is 45.1. The van der Waals surface area contributed by atoms with Crippen molar-refractivity contribution in [2.45, 2.75) is 135 Å². The van der Waals surface area contributed by atoms with E-state index in [-0.39, 0.29) is 11.3 Å². The normalized spacial score (nSPS) is 38.8. The zero-order valence-corrected chi connectivity index (χ0v) is 25.1. The van der Waals surface area contributed by atoms with E-state index in [2.05, 4.69) is 26.1 Å². The standard InChI is InChI=1S/C31H56N2O6/c1-29(2,3)18-30(4,5)32-28(38)24-26(36)27(37)25(35)23(17-34)33(24)9-7-6-8-10-39-19-31-14-20-11-21(15-31)13-22(12-20)16-31/h20-27,34-37H,6-19H2,1-5H3,(H,32,38)/t20?,21?,22?,23-,24+,25+,26-,27-,31?/m0/s1. The van der Waals surface area contributed by atoms with E-state index < -0.39 is 42.5 Å². The first kappa shape index (κ1) is 31.2. The number of aliphatic hydroxyl groups is 4. The summed E-state index contributed by atoms with van der Waals surface area (Å²) in [6, 6.07) is -1.87. The summed E-state index contributed by atoms with van der Waals surface area (Å²) in [5.74, 6) is 2.40. The van der Waals surface area contributed by atoms with Gasteiger partial charge in [-0.05, 0) is 113 Å². The predicted molar refractivity (Wildman–Crippen MR) is 151 cm³/mol. The SMILES string of the molecule is CC(C)(C)CC(C)(C)NC(=O)[C@H]1[C@H](O)[C@@H](O)[C@H](O)[C@H](CO)N1CCCCCOCC12CC3CC(CC(C3)C1)C2. The molecule has 1 heterocycles. The summed E-state index contributed by atoms with van der Waals surface area (Å²) in [6.45, 7) is 11.9. The summed E-state index contributed by atoms with van der Waals surface area (Å²) in [5.41, 5.74) is -0.113. The molecule has 5 rings (SSSR count). The highest BCUT2D eigenvalue weighted by atomic mass is 16.5. The van der Waals surface area contributed by atoms with E-state index in [1.165, 1.54) is 38.5 Å². The number of hydrogen-bond donors (Lipinski definition) is 5. The maximum Gasteiger partial charge on any atom is 0.240 e. The average Bonchev–Trinajstić information content (AvgIpc) is 2.79. The van der Waals surface area contributed by atoms with Gasteiger partial charge in [0.1, 0.15) is 24.4 Å². The molecule has 1 aliphatic heterocycles. The van der Waals surface area contributed by atoms with Crippen molar-refractivity contribution in [1.29, 1.82) is 0 Å². The molecule has 39 heavy (non-hydrogen) atoms. The van der Waals surface area contributed by atoms with Crippen LogP contribution in [0.2, 0.25) is 0 Å². The van der Waals surface area contributed by atoms with Crippen LogP contribution >= 0.6 is 0 Å². The van der Waals surface area contributed by atoms with E-state index >= 15 is 0 Å². The number of piperidine rings is 1. The number of rotatable bonds is 12. The summed E-state index contributed by atoms with van der Waals surface area (Å²) >= 11 is 0. The van der Waals surface area contributed by atoms with Crippen LogP contribution in [-0.2, 0) is 9.53 Å². The highest BCUT2D eigenvalue weighted by molar-refractivity contribution is 5.83. The topological polar surface area (TPSA) is 122 Å². The molecule has 0 radical (unpaired) electrons. The van der Waals surface area contributed by atoms with Crippen molar-refractivity contribution >= 4 is 5.91 Å². The minimum absolute atomic E-state index is 0.0112. The molecule has 4 saturated carbocycles. The molecule has 0 aromatic carbocycles. The third-order valence-electron chi connectivity index (χ3n) is 9.87. The number of carbonyl (C=O) groups is 1. The number of hydrogen-bond acceptors (Lipinski definition) is 7. The number of amides is 1. The van der Waals surface area contributed by atoms with Gasteiger partial charge in [-0.15, -0.1) is 0 Å². The Morgan fingerprint density at radius 3 is 2.03 bits per heavy atom. The van der Waals surface area contributed by atoms with Gasteiger partial charge < -0.3 is 30.5 Å². The second kappa shape index (κ2) is 12.2. The average molecular weight is 553 g/mol. The van der Waals surface area contributed by atoms with Crippen LogP contribution in [0.5, 0.6) is 0 Å². The first-order valence-corrected chi connectivity index (χ1v) is 15.5. The third kappa shape index (κ3) is 7.55. The van der Waals surface area contributed by atoms with Gasteiger partial charge in [-0.25, -0.2) is 0 Å². The lowest BCUT2D eigenvalue weighted by molar-refractivity contribution is -0.179. The summed E-state index contributed by atoms with van der Waals surface area (Å²) in [4.78, 5) is 15.2. The van der Waals surface area contributed by atoms with Crippen LogP contribution in [-0.4, -0.2) is 93.5 Å². The minimum atomic E-state index is -1.50. The third-order valence-corrected chi connectivity index (χ3v) is 9.87. The highest BCUT2D eigenvalue weighted by Gasteiger charge is 2.52. The van der Waals surface area contributed by atoms with Gasteiger partial charge in [0.15, 0.2) is 0 Å². The van der Waals surface area contributed by atoms with Gasteiger partial charge in [-0.2, -0.15) is 0 Å². The Balaban J connectivity index is 1.27. The largest absolute Gasteiger partial charge is 0.395 e. The lowest BCUT2D eigenvalue weighted by atomic mass is 9.50. The van der Waals surface area contributed by atoms with E-state index in [4.69, 9.17) is 4.74 Å². The first-order valence-electron chi connectivity index (χ1n) is 15.5. The number of ether oxygens (including phenoxy) is 1. The lowest BCUT2D eigenvalue weighted by Crippen LogP contribution is -2.71. The van der Waals surface area contributed by atoms with E-state index in [0.717, 1.165) is 56.7 Å². The maximum absolute atomic E-state index is 13.5. The van der Waals surface area contributed by atoms with Gasteiger partial charge >= 0.3 is 0 Å². The highest BCUT2D eigenvalue weighted by Crippen LogP contribution is 2.60. The van der Waals surface area contributed by atoms with Crippen LogP contribution in [0.4, 0.5) is 0 Å². The van der Waals surface area contributed by atoms with Crippen LogP contribution in [0, 0.1) is 28.6 Å². The van der Waals surface area contributed by atoms with Gasteiger partial charge in [-0.1, -0.05) is 20.8 Å². The van der Waals surface area contributed by atoms with Crippen molar-refractivity contribution in [3.05, 3.63) is 0 Å². The molecule has 5 atom stereocenters. The Labute approximate surface area is 235 Å². The zero-order chi connectivity index (χ0) is 28.6. The molecule has 8 heteroatoms. The predicted octanol–water partition coefficient (Wildman–Crippen LogP) is 2.85. The molecule has 0 aromatic heterocycles. The number of nitrogens with zero attached hydrogens (tertiary/aromatic N) is 1. The van der Waals surface area contributed by atoms with E-state index in [9.17, 15) is 25.2 Å². The molecule has 1 saturated heterocycles. The second-order valence-electron chi connectivity index (χ2n) is 15.5. The Kier molecular flexibility index (Phi) is 9.77. The zero-order valence-electron chi connectivity index (χ0n) is 25.1. The molecule has 4 bridgehead atoms. The molecule has 5 aliphatic rings. The van der Waals surface area contributed by atoms with Gasteiger partial charge in [0.05, 0.1) is 19.3 Å². The Hall–Kier alpha value is -0.770. The van der Waals surface area contributed by atoms with Gasteiger partial charge in [0.2, 0.25) is 5.91 Å². The fraction of sp³-hybridized carbons (Fsp3) is 0.968. The van der Waals surface area contributed by atoms with E-state index in [1.807, 2.05) is 13.8 Å². The van der Waals surface area contributed by atoms with Crippen LogP contribution in [0.1, 0.15) is 98.8 Å². The van der Waals surface area contributed by atoms with Crippen molar-refractivity contribution in [1.82, 2.24) is 10.2 Å². The van der Waals surface area contributed by atoms with Crippen molar-refractivity contribution < 1.29 is 30.0 Å².